The first-order valence-electron chi connectivity index (χ1n) is 12.2. The van der Waals surface area contributed by atoms with Crippen molar-refractivity contribution in [2.24, 2.45) is 5.92 Å². The molecule has 0 aromatic heterocycles. The average molecular weight is 497 g/mol. The van der Waals surface area contributed by atoms with E-state index in [1.807, 2.05) is 37.3 Å². The predicted molar refractivity (Wildman–Crippen MR) is 141 cm³/mol. The second kappa shape index (κ2) is 12.4. The Morgan fingerprint density at radius 1 is 1.14 bits per heavy atom. The largest absolute Gasteiger partial charge is 0.494 e. The fourth-order valence-electron chi connectivity index (χ4n) is 4.50. The lowest BCUT2D eigenvalue weighted by Gasteiger charge is -2.33. The third-order valence-electron chi connectivity index (χ3n) is 6.72. The van der Waals surface area contributed by atoms with Gasteiger partial charge in [-0.05, 0) is 62.5 Å². The van der Waals surface area contributed by atoms with Gasteiger partial charge in [-0.3, -0.25) is 14.5 Å². The number of methoxy groups -OCH3 is 1. The number of aliphatic carboxylic acids is 1. The second-order valence-corrected chi connectivity index (χ2v) is 9.21. The molecular weight excluding hydrogens is 460 g/mol. The number of para-hydroxylation sites is 1. The summed E-state index contributed by atoms with van der Waals surface area (Å²) in [7, 11) is 3.21. The molecule has 9 nitrogen and oxygen atoms in total. The van der Waals surface area contributed by atoms with Crippen molar-refractivity contribution < 1.29 is 24.2 Å². The SMILES string of the molecule is COc1cc(N(CCN2CCC(CC(=O)O)CC2)C(C)=O)ccc1N(C)C(=O)Nc1ccccc1C. The number of urea groups is 1. The first-order chi connectivity index (χ1) is 17.2. The lowest BCUT2D eigenvalue weighted by molar-refractivity contribution is -0.138. The highest BCUT2D eigenvalue weighted by Gasteiger charge is 2.23. The molecule has 36 heavy (non-hydrogen) atoms. The van der Waals surface area contributed by atoms with Crippen molar-refractivity contribution in [2.45, 2.75) is 33.1 Å². The Hall–Kier alpha value is -3.59. The Morgan fingerprint density at radius 2 is 1.83 bits per heavy atom. The Labute approximate surface area is 212 Å². The van der Waals surface area contributed by atoms with Crippen molar-refractivity contribution in [3.05, 3.63) is 48.0 Å². The van der Waals surface area contributed by atoms with Gasteiger partial charge in [-0.1, -0.05) is 18.2 Å². The van der Waals surface area contributed by atoms with E-state index in [-0.39, 0.29) is 24.3 Å². The second-order valence-electron chi connectivity index (χ2n) is 9.21. The summed E-state index contributed by atoms with van der Waals surface area (Å²) in [5.41, 5.74) is 2.97. The standard InChI is InChI=1S/C27H36N4O5/c1-19-7-5-6-8-23(19)28-27(35)29(3)24-10-9-22(18-25(24)36-4)31(20(2)32)16-15-30-13-11-21(12-14-30)17-26(33)34/h5-10,18,21H,11-17H2,1-4H3,(H,28,35)(H,33,34). The van der Waals surface area contributed by atoms with Crippen LogP contribution in [0.25, 0.3) is 0 Å². The summed E-state index contributed by atoms with van der Waals surface area (Å²) < 4.78 is 5.58. The van der Waals surface area contributed by atoms with E-state index in [1.54, 1.807) is 24.1 Å². The normalized spacial score (nSPS) is 14.2. The van der Waals surface area contributed by atoms with Crippen LogP contribution in [0.5, 0.6) is 5.75 Å². The number of carbonyl (C=O) groups is 3. The van der Waals surface area contributed by atoms with E-state index in [1.165, 1.54) is 18.9 Å². The number of hydrogen-bond donors (Lipinski definition) is 2. The van der Waals surface area contributed by atoms with Crippen LogP contribution in [0, 0.1) is 12.8 Å². The van der Waals surface area contributed by atoms with Crippen LogP contribution in [-0.2, 0) is 9.59 Å². The molecule has 2 aromatic carbocycles. The molecule has 0 bridgehead atoms. The molecule has 0 saturated carbocycles. The molecule has 0 spiro atoms. The number of anilines is 3. The van der Waals surface area contributed by atoms with E-state index in [0.717, 1.165) is 37.2 Å². The lowest BCUT2D eigenvalue weighted by Crippen LogP contribution is -2.41. The van der Waals surface area contributed by atoms with Crippen LogP contribution >= 0.6 is 0 Å². The summed E-state index contributed by atoms with van der Waals surface area (Å²) in [5.74, 6) is -0.127. The van der Waals surface area contributed by atoms with Crippen LogP contribution in [-0.4, -0.2) is 68.3 Å². The third-order valence-corrected chi connectivity index (χ3v) is 6.72. The summed E-state index contributed by atoms with van der Waals surface area (Å²) in [6, 6.07) is 12.6. The molecule has 0 aliphatic carbocycles. The maximum Gasteiger partial charge on any atom is 0.326 e. The number of nitrogens with one attached hydrogen (secondary N) is 1. The van der Waals surface area contributed by atoms with Crippen LogP contribution < -0.4 is 19.9 Å². The highest BCUT2D eigenvalue weighted by atomic mass is 16.5. The molecule has 9 heteroatoms. The summed E-state index contributed by atoms with van der Waals surface area (Å²) in [5, 5.41) is 11.9. The fourth-order valence-corrected chi connectivity index (χ4v) is 4.50. The minimum atomic E-state index is -0.744. The van der Waals surface area contributed by atoms with Gasteiger partial charge in [0, 0.05) is 50.9 Å². The zero-order valence-electron chi connectivity index (χ0n) is 21.5. The number of likely N-dealkylation sites (tertiary alicyclic amines) is 1. The summed E-state index contributed by atoms with van der Waals surface area (Å²) in [6.45, 7) is 6.31. The van der Waals surface area contributed by atoms with E-state index in [4.69, 9.17) is 9.84 Å². The molecule has 3 amide bonds. The number of hydrogen-bond acceptors (Lipinski definition) is 5. The van der Waals surface area contributed by atoms with Gasteiger partial charge >= 0.3 is 12.0 Å². The molecule has 1 heterocycles. The number of carboxylic acid groups (broad SMARTS) is 1. The molecule has 1 saturated heterocycles. The molecule has 194 valence electrons. The topological polar surface area (TPSA) is 102 Å². The van der Waals surface area contributed by atoms with E-state index in [2.05, 4.69) is 10.2 Å². The quantitative estimate of drug-likeness (QED) is 0.539. The molecule has 0 atom stereocenters. The first kappa shape index (κ1) is 27.0. The van der Waals surface area contributed by atoms with Gasteiger partial charge in [0.1, 0.15) is 5.75 Å². The van der Waals surface area contributed by atoms with Gasteiger partial charge in [-0.2, -0.15) is 0 Å². The van der Waals surface area contributed by atoms with Crippen molar-refractivity contribution >= 4 is 35.0 Å². The van der Waals surface area contributed by atoms with E-state index < -0.39 is 5.97 Å². The van der Waals surface area contributed by atoms with Crippen LogP contribution in [0.15, 0.2) is 42.5 Å². The smallest absolute Gasteiger partial charge is 0.326 e. The number of rotatable bonds is 9. The van der Waals surface area contributed by atoms with E-state index >= 15 is 0 Å². The summed E-state index contributed by atoms with van der Waals surface area (Å²) in [4.78, 5) is 41.8. The zero-order valence-corrected chi connectivity index (χ0v) is 21.5. The third kappa shape index (κ3) is 6.97. The van der Waals surface area contributed by atoms with Crippen molar-refractivity contribution in [3.63, 3.8) is 0 Å². The van der Waals surface area contributed by atoms with Gasteiger partial charge in [0.25, 0.3) is 0 Å². The molecule has 1 aliphatic rings. The minimum Gasteiger partial charge on any atom is -0.494 e. The van der Waals surface area contributed by atoms with Crippen molar-refractivity contribution in [1.82, 2.24) is 4.90 Å². The number of aryl methyl sites for hydroxylation is 1. The molecule has 1 fully saturated rings. The van der Waals surface area contributed by atoms with Crippen LogP contribution in [0.1, 0.15) is 31.7 Å². The number of nitrogens with zero attached hydrogens (tertiary/aromatic N) is 3. The highest BCUT2D eigenvalue weighted by molar-refractivity contribution is 6.03. The highest BCUT2D eigenvalue weighted by Crippen LogP contribution is 2.33. The summed E-state index contributed by atoms with van der Waals surface area (Å²) in [6.07, 6.45) is 1.93. The molecular formula is C27H36N4O5. The van der Waals surface area contributed by atoms with E-state index in [9.17, 15) is 14.4 Å². The summed E-state index contributed by atoms with van der Waals surface area (Å²) >= 11 is 0. The minimum absolute atomic E-state index is 0.0868. The number of ether oxygens (including phenoxy) is 1. The molecule has 0 radical (unpaired) electrons. The predicted octanol–water partition coefficient (Wildman–Crippen LogP) is 4.21. The van der Waals surface area contributed by atoms with Crippen LogP contribution in [0.3, 0.4) is 0 Å². The number of carboxylic acids is 1. The van der Waals surface area contributed by atoms with Crippen molar-refractivity contribution in [2.75, 3.05) is 55.5 Å². The molecule has 2 N–H and O–H groups in total. The number of benzene rings is 2. The Kier molecular flexibility index (Phi) is 9.30. The maximum absolute atomic E-state index is 12.9. The van der Waals surface area contributed by atoms with Crippen LogP contribution in [0.2, 0.25) is 0 Å². The number of carbonyl (C=O) groups excluding carboxylic acids is 2. The molecule has 1 aliphatic heterocycles. The van der Waals surface area contributed by atoms with Crippen LogP contribution in [0.4, 0.5) is 21.9 Å². The zero-order chi connectivity index (χ0) is 26.2. The molecule has 0 unspecified atom stereocenters. The van der Waals surface area contributed by atoms with E-state index in [0.29, 0.717) is 30.2 Å². The lowest BCUT2D eigenvalue weighted by atomic mass is 9.94. The maximum atomic E-state index is 12.9. The van der Waals surface area contributed by atoms with Gasteiger partial charge in [0.05, 0.1) is 12.8 Å². The Bertz CT molecular complexity index is 1080. The molecule has 2 aromatic rings. The van der Waals surface area contributed by atoms with Crippen molar-refractivity contribution in [1.29, 1.82) is 0 Å². The Balaban J connectivity index is 1.67. The average Bonchev–Trinajstić information content (AvgIpc) is 2.85. The van der Waals surface area contributed by atoms with Gasteiger partial charge < -0.3 is 25.0 Å². The van der Waals surface area contributed by atoms with Crippen molar-refractivity contribution in [3.8, 4) is 5.75 Å². The number of piperidine rings is 1. The fraction of sp³-hybridized carbons (Fsp3) is 0.444. The van der Waals surface area contributed by atoms with Gasteiger partial charge in [0.2, 0.25) is 5.91 Å². The molecule has 3 rings (SSSR count). The monoisotopic (exact) mass is 496 g/mol. The first-order valence-corrected chi connectivity index (χ1v) is 12.2. The van der Waals surface area contributed by atoms with Gasteiger partial charge in [-0.25, -0.2) is 4.79 Å². The van der Waals surface area contributed by atoms with Gasteiger partial charge in [0.15, 0.2) is 0 Å². The Morgan fingerprint density at radius 3 is 2.44 bits per heavy atom. The number of amides is 3. The van der Waals surface area contributed by atoms with Gasteiger partial charge in [-0.15, -0.1) is 0 Å².